The fourth-order valence-corrected chi connectivity index (χ4v) is 4.76. The molecule has 1 aliphatic rings. The Kier molecular flexibility index (Phi) is 8.41. The Balaban J connectivity index is 1.92. The van der Waals surface area contributed by atoms with E-state index in [0.29, 0.717) is 39.4 Å². The van der Waals surface area contributed by atoms with Crippen LogP contribution < -0.4 is 9.47 Å². The number of benzene rings is 2. The van der Waals surface area contributed by atoms with Gasteiger partial charge in [-0.2, -0.15) is 0 Å². The summed E-state index contributed by atoms with van der Waals surface area (Å²) in [6.07, 6.45) is 1.83. The number of amides is 1. The first kappa shape index (κ1) is 25.1. The van der Waals surface area contributed by atoms with Crippen LogP contribution in [0, 0.1) is 3.57 Å². The number of methoxy groups -OCH3 is 1. The van der Waals surface area contributed by atoms with Gasteiger partial charge in [0.15, 0.2) is 16.7 Å². The number of carbonyl (C=O) groups excluding carboxylic acids is 2. The molecular weight excluding hydrogens is 555 g/mol. The van der Waals surface area contributed by atoms with Crippen molar-refractivity contribution < 1.29 is 23.8 Å². The molecule has 0 bridgehead atoms. The van der Waals surface area contributed by atoms with Crippen LogP contribution in [-0.2, 0) is 9.53 Å². The van der Waals surface area contributed by atoms with Crippen molar-refractivity contribution in [2.75, 3.05) is 20.8 Å². The number of amidine groups is 1. The average Bonchev–Trinajstić information content (AvgIpc) is 3.03. The maximum atomic E-state index is 12.9. The van der Waals surface area contributed by atoms with Crippen LogP contribution in [-0.4, -0.2) is 48.8 Å². The molecule has 3 rings (SSSR count). The molecule has 1 fully saturated rings. The summed E-state index contributed by atoms with van der Waals surface area (Å²) in [5.41, 5.74) is 1.79. The number of nitrogens with zero attached hydrogens (tertiary/aromatic N) is 2. The maximum absolute atomic E-state index is 12.9. The summed E-state index contributed by atoms with van der Waals surface area (Å²) < 4.78 is 17.4. The normalized spacial score (nSPS) is 16.1. The van der Waals surface area contributed by atoms with Gasteiger partial charge in [-0.1, -0.05) is 6.07 Å². The SMILES string of the molecule is CCOc1cc(C=C2SC(=Nc3cccc(C(=O)OC)c3)N(C)C2=O)cc(I)c1OC(C)C. The number of rotatable bonds is 7. The fraction of sp³-hybridized carbons (Fsp3) is 0.292. The van der Waals surface area contributed by atoms with Gasteiger partial charge in [0.1, 0.15) is 0 Å². The summed E-state index contributed by atoms with van der Waals surface area (Å²) in [4.78, 5) is 31.2. The molecule has 174 valence electrons. The Morgan fingerprint density at radius 2 is 2.03 bits per heavy atom. The number of likely N-dealkylation sites (N-methyl/N-ethyl adjacent to an activating group) is 1. The summed E-state index contributed by atoms with van der Waals surface area (Å²) in [5, 5.41) is 0.521. The monoisotopic (exact) mass is 580 g/mol. The summed E-state index contributed by atoms with van der Waals surface area (Å²) in [6, 6.07) is 10.6. The highest BCUT2D eigenvalue weighted by Crippen LogP contribution is 2.38. The zero-order valence-electron chi connectivity index (χ0n) is 19.0. The van der Waals surface area contributed by atoms with Gasteiger partial charge in [-0.25, -0.2) is 9.79 Å². The van der Waals surface area contributed by atoms with Crippen molar-refractivity contribution in [2.24, 2.45) is 4.99 Å². The molecule has 0 spiro atoms. The molecule has 1 amide bonds. The first-order chi connectivity index (χ1) is 15.7. The number of halogens is 1. The van der Waals surface area contributed by atoms with Crippen LogP contribution in [0.15, 0.2) is 46.3 Å². The number of aliphatic imine (C=N–C) groups is 1. The van der Waals surface area contributed by atoms with Crippen LogP contribution in [0.3, 0.4) is 0 Å². The number of esters is 1. The molecular formula is C24H25IN2O5S. The van der Waals surface area contributed by atoms with E-state index in [0.717, 1.165) is 9.13 Å². The standard InChI is InChI=1S/C24H25IN2O5S/c1-6-31-19-11-15(10-18(25)21(19)32-14(2)3)12-20-22(28)27(4)24(33-20)26-17-9-7-8-16(13-17)23(29)30-5/h7-14H,6H2,1-5H3. The Labute approximate surface area is 211 Å². The summed E-state index contributed by atoms with van der Waals surface area (Å²) >= 11 is 3.49. The van der Waals surface area contributed by atoms with E-state index in [9.17, 15) is 9.59 Å². The van der Waals surface area contributed by atoms with Crippen molar-refractivity contribution in [3.8, 4) is 11.5 Å². The third-order valence-corrected chi connectivity index (χ3v) is 6.34. The molecule has 9 heteroatoms. The highest BCUT2D eigenvalue weighted by atomic mass is 127. The van der Waals surface area contributed by atoms with Gasteiger partial charge in [-0.15, -0.1) is 0 Å². The van der Waals surface area contributed by atoms with Gasteiger partial charge in [0.05, 0.1) is 39.5 Å². The van der Waals surface area contributed by atoms with Crippen LogP contribution in [0.1, 0.15) is 36.7 Å². The lowest BCUT2D eigenvalue weighted by atomic mass is 10.2. The summed E-state index contributed by atoms with van der Waals surface area (Å²) in [5.74, 6) is 0.746. The number of carbonyl (C=O) groups is 2. The van der Waals surface area contributed by atoms with E-state index in [1.807, 2.05) is 39.0 Å². The zero-order chi connectivity index (χ0) is 24.1. The molecule has 2 aromatic rings. The Hall–Kier alpha value is -2.53. The maximum Gasteiger partial charge on any atom is 0.337 e. The largest absolute Gasteiger partial charge is 0.490 e. The molecule has 0 unspecified atom stereocenters. The molecule has 1 aliphatic heterocycles. The van der Waals surface area contributed by atoms with Gasteiger partial charge in [-0.05, 0) is 97.1 Å². The molecule has 2 aromatic carbocycles. The fourth-order valence-electron chi connectivity index (χ4n) is 3.02. The van der Waals surface area contributed by atoms with E-state index in [1.165, 1.54) is 23.8 Å². The predicted molar refractivity (Wildman–Crippen MR) is 139 cm³/mol. The van der Waals surface area contributed by atoms with Crippen LogP contribution in [0.2, 0.25) is 0 Å². The number of ether oxygens (including phenoxy) is 3. The van der Waals surface area contributed by atoms with Gasteiger partial charge < -0.3 is 14.2 Å². The molecule has 0 atom stereocenters. The molecule has 0 saturated carbocycles. The van der Waals surface area contributed by atoms with Gasteiger partial charge >= 0.3 is 5.97 Å². The number of thioether (sulfide) groups is 1. The molecule has 1 heterocycles. The summed E-state index contributed by atoms with van der Waals surface area (Å²) in [6.45, 7) is 6.35. The molecule has 33 heavy (non-hydrogen) atoms. The molecule has 0 aromatic heterocycles. The Morgan fingerprint density at radius 3 is 2.70 bits per heavy atom. The number of hydrogen-bond donors (Lipinski definition) is 0. The minimum Gasteiger partial charge on any atom is -0.490 e. The lowest BCUT2D eigenvalue weighted by molar-refractivity contribution is -0.121. The first-order valence-electron chi connectivity index (χ1n) is 10.3. The third-order valence-electron chi connectivity index (χ3n) is 4.48. The molecule has 0 radical (unpaired) electrons. The van der Waals surface area contributed by atoms with E-state index in [-0.39, 0.29) is 12.0 Å². The topological polar surface area (TPSA) is 77.4 Å². The van der Waals surface area contributed by atoms with Crippen molar-refractivity contribution in [3.05, 3.63) is 56.0 Å². The quantitative estimate of drug-likeness (QED) is 0.245. The Bertz CT molecular complexity index is 1130. The Morgan fingerprint density at radius 1 is 1.27 bits per heavy atom. The molecule has 7 nitrogen and oxygen atoms in total. The van der Waals surface area contributed by atoms with Gasteiger partial charge in [0.2, 0.25) is 0 Å². The minimum atomic E-state index is -0.439. The van der Waals surface area contributed by atoms with Crippen molar-refractivity contribution in [2.45, 2.75) is 26.9 Å². The zero-order valence-corrected chi connectivity index (χ0v) is 22.0. The molecule has 0 aliphatic carbocycles. The van der Waals surface area contributed by atoms with E-state index in [1.54, 1.807) is 31.3 Å². The lowest BCUT2D eigenvalue weighted by Gasteiger charge is -2.17. The highest BCUT2D eigenvalue weighted by Gasteiger charge is 2.30. The van der Waals surface area contributed by atoms with Crippen LogP contribution in [0.25, 0.3) is 6.08 Å². The van der Waals surface area contributed by atoms with Crippen molar-refractivity contribution in [1.82, 2.24) is 4.90 Å². The van der Waals surface area contributed by atoms with Gasteiger partial charge in [0, 0.05) is 7.05 Å². The molecule has 0 N–H and O–H groups in total. The van der Waals surface area contributed by atoms with Crippen LogP contribution in [0.4, 0.5) is 5.69 Å². The minimum absolute atomic E-state index is 0.0130. The second-order valence-electron chi connectivity index (χ2n) is 7.34. The van der Waals surface area contributed by atoms with Crippen LogP contribution >= 0.6 is 34.4 Å². The van der Waals surface area contributed by atoms with Gasteiger partial charge in [-0.3, -0.25) is 9.69 Å². The van der Waals surface area contributed by atoms with E-state index in [2.05, 4.69) is 27.6 Å². The number of hydrogen-bond acceptors (Lipinski definition) is 7. The lowest BCUT2D eigenvalue weighted by Crippen LogP contribution is -2.23. The second-order valence-corrected chi connectivity index (χ2v) is 9.51. The predicted octanol–water partition coefficient (Wildman–Crippen LogP) is 5.50. The average molecular weight is 580 g/mol. The summed E-state index contributed by atoms with van der Waals surface area (Å²) in [7, 11) is 3.00. The molecule has 1 saturated heterocycles. The van der Waals surface area contributed by atoms with Crippen molar-refractivity contribution in [3.63, 3.8) is 0 Å². The third kappa shape index (κ3) is 6.08. The van der Waals surface area contributed by atoms with E-state index < -0.39 is 5.97 Å². The van der Waals surface area contributed by atoms with Crippen molar-refractivity contribution in [1.29, 1.82) is 0 Å². The highest BCUT2D eigenvalue weighted by molar-refractivity contribution is 14.1. The first-order valence-corrected chi connectivity index (χ1v) is 12.2. The second kappa shape index (κ2) is 11.1. The van der Waals surface area contributed by atoms with Gasteiger partial charge in [0.25, 0.3) is 5.91 Å². The van der Waals surface area contributed by atoms with E-state index in [4.69, 9.17) is 14.2 Å². The van der Waals surface area contributed by atoms with Crippen molar-refractivity contribution >= 4 is 63.2 Å². The van der Waals surface area contributed by atoms with E-state index >= 15 is 0 Å². The van der Waals surface area contributed by atoms with Crippen LogP contribution in [0.5, 0.6) is 11.5 Å². The smallest absolute Gasteiger partial charge is 0.337 e.